The SMILES string of the molecule is COc1cc(C2(C#N)CCCCCC2=O)cc(O)c1O. The van der Waals surface area contributed by atoms with Crippen molar-refractivity contribution in [2.75, 3.05) is 7.11 Å². The molecule has 20 heavy (non-hydrogen) atoms. The van der Waals surface area contributed by atoms with Crippen LogP contribution in [-0.4, -0.2) is 23.1 Å². The second-order valence-electron chi connectivity index (χ2n) is 5.05. The smallest absolute Gasteiger partial charge is 0.200 e. The molecule has 1 aromatic carbocycles. The second-order valence-corrected chi connectivity index (χ2v) is 5.05. The average molecular weight is 275 g/mol. The van der Waals surface area contributed by atoms with E-state index < -0.39 is 5.41 Å². The fraction of sp³-hybridized carbons (Fsp3) is 0.467. The molecule has 1 aromatic rings. The van der Waals surface area contributed by atoms with Gasteiger partial charge in [0, 0.05) is 6.42 Å². The van der Waals surface area contributed by atoms with Crippen LogP contribution in [0.15, 0.2) is 12.1 Å². The summed E-state index contributed by atoms with van der Waals surface area (Å²) < 4.78 is 4.98. The van der Waals surface area contributed by atoms with Crippen LogP contribution in [0.5, 0.6) is 17.2 Å². The van der Waals surface area contributed by atoms with Crippen LogP contribution >= 0.6 is 0 Å². The van der Waals surface area contributed by atoms with Crippen molar-refractivity contribution in [3.63, 3.8) is 0 Å². The summed E-state index contributed by atoms with van der Waals surface area (Å²) >= 11 is 0. The predicted octanol–water partition coefficient (Wildman–Crippen LogP) is 2.40. The molecule has 1 saturated carbocycles. The molecule has 1 unspecified atom stereocenters. The third kappa shape index (κ3) is 2.18. The van der Waals surface area contributed by atoms with E-state index in [2.05, 4.69) is 6.07 Å². The highest BCUT2D eigenvalue weighted by molar-refractivity contribution is 5.93. The lowest BCUT2D eigenvalue weighted by Crippen LogP contribution is -2.33. The van der Waals surface area contributed by atoms with Crippen LogP contribution in [0.2, 0.25) is 0 Å². The number of methoxy groups -OCH3 is 1. The van der Waals surface area contributed by atoms with E-state index in [9.17, 15) is 20.3 Å². The first-order chi connectivity index (χ1) is 9.55. The van der Waals surface area contributed by atoms with Gasteiger partial charge in [-0.15, -0.1) is 0 Å². The zero-order chi connectivity index (χ0) is 14.8. The van der Waals surface area contributed by atoms with Crippen LogP contribution in [0.1, 0.15) is 37.7 Å². The number of phenolic OH excluding ortho intramolecular Hbond substituents is 2. The Labute approximate surface area is 117 Å². The van der Waals surface area contributed by atoms with Crippen molar-refractivity contribution >= 4 is 5.78 Å². The zero-order valence-electron chi connectivity index (χ0n) is 11.3. The molecule has 0 aliphatic heterocycles. The molecule has 0 bridgehead atoms. The summed E-state index contributed by atoms with van der Waals surface area (Å²) in [4.78, 5) is 12.4. The third-order valence-electron chi connectivity index (χ3n) is 3.89. The highest BCUT2D eigenvalue weighted by Gasteiger charge is 2.41. The minimum Gasteiger partial charge on any atom is -0.504 e. The van der Waals surface area contributed by atoms with Gasteiger partial charge in [-0.1, -0.05) is 12.8 Å². The molecule has 1 aliphatic rings. The first-order valence-electron chi connectivity index (χ1n) is 6.60. The van der Waals surface area contributed by atoms with Crippen molar-refractivity contribution in [1.82, 2.24) is 0 Å². The van der Waals surface area contributed by atoms with E-state index in [0.717, 1.165) is 19.3 Å². The van der Waals surface area contributed by atoms with E-state index in [1.807, 2.05) is 0 Å². The number of carbonyl (C=O) groups is 1. The van der Waals surface area contributed by atoms with Gasteiger partial charge >= 0.3 is 0 Å². The summed E-state index contributed by atoms with van der Waals surface area (Å²) in [5.41, 5.74) is -0.867. The molecule has 0 saturated heterocycles. The van der Waals surface area contributed by atoms with Gasteiger partial charge in [-0.3, -0.25) is 4.79 Å². The number of carbonyl (C=O) groups excluding carboxylic acids is 1. The lowest BCUT2D eigenvalue weighted by atomic mass is 9.74. The summed E-state index contributed by atoms with van der Waals surface area (Å²) in [6, 6.07) is 4.87. The number of benzene rings is 1. The summed E-state index contributed by atoms with van der Waals surface area (Å²) in [5.74, 6) is -0.840. The van der Waals surface area contributed by atoms with Crippen LogP contribution in [-0.2, 0) is 10.2 Å². The van der Waals surface area contributed by atoms with Crippen LogP contribution in [0, 0.1) is 11.3 Å². The quantitative estimate of drug-likeness (QED) is 0.639. The van der Waals surface area contributed by atoms with Gasteiger partial charge in [0.05, 0.1) is 13.2 Å². The number of ether oxygens (including phenoxy) is 1. The highest BCUT2D eigenvalue weighted by Crippen LogP contribution is 2.43. The molecule has 2 rings (SSSR count). The molecule has 2 N–H and O–H groups in total. The number of phenols is 2. The van der Waals surface area contributed by atoms with Crippen molar-refractivity contribution in [2.24, 2.45) is 0 Å². The van der Waals surface area contributed by atoms with E-state index >= 15 is 0 Å². The first kappa shape index (κ1) is 14.2. The molecule has 0 radical (unpaired) electrons. The Bertz CT molecular complexity index is 576. The number of rotatable bonds is 2. The third-order valence-corrected chi connectivity index (χ3v) is 3.89. The Morgan fingerprint density at radius 1 is 1.30 bits per heavy atom. The molecular formula is C15H17NO4. The lowest BCUT2D eigenvalue weighted by molar-refractivity contribution is -0.122. The van der Waals surface area contributed by atoms with Crippen LogP contribution in [0.25, 0.3) is 0 Å². The Morgan fingerprint density at radius 2 is 2.05 bits per heavy atom. The van der Waals surface area contributed by atoms with E-state index in [-0.39, 0.29) is 23.0 Å². The van der Waals surface area contributed by atoms with Gasteiger partial charge in [-0.2, -0.15) is 5.26 Å². The Hall–Kier alpha value is -2.22. The van der Waals surface area contributed by atoms with Crippen LogP contribution in [0.3, 0.4) is 0 Å². The number of hydrogen-bond acceptors (Lipinski definition) is 5. The number of hydrogen-bond donors (Lipinski definition) is 2. The number of Topliss-reactive ketones (excluding diaryl/α,β-unsaturated/α-hetero) is 1. The standard InChI is InChI=1S/C15H17NO4/c1-20-12-8-10(7-11(17)14(12)19)15(9-16)6-4-2-3-5-13(15)18/h7-8,17,19H,2-6H2,1H3. The summed E-state index contributed by atoms with van der Waals surface area (Å²) in [6.07, 6.45) is 3.26. The van der Waals surface area contributed by atoms with E-state index in [1.165, 1.54) is 19.2 Å². The molecular weight excluding hydrogens is 258 g/mol. The monoisotopic (exact) mass is 275 g/mol. The van der Waals surface area contributed by atoms with Crippen molar-refractivity contribution in [3.8, 4) is 23.3 Å². The molecule has 0 spiro atoms. The number of nitriles is 1. The molecule has 1 fully saturated rings. The summed E-state index contributed by atoms with van der Waals surface area (Å²) in [6.45, 7) is 0. The summed E-state index contributed by atoms with van der Waals surface area (Å²) in [7, 11) is 1.35. The Kier molecular flexibility index (Phi) is 3.84. The van der Waals surface area contributed by atoms with E-state index in [4.69, 9.17) is 4.74 Å². The topological polar surface area (TPSA) is 90.5 Å². The van der Waals surface area contributed by atoms with E-state index in [1.54, 1.807) is 0 Å². The van der Waals surface area contributed by atoms with Crippen molar-refractivity contribution in [3.05, 3.63) is 17.7 Å². The predicted molar refractivity (Wildman–Crippen MR) is 71.7 cm³/mol. The number of aromatic hydroxyl groups is 2. The largest absolute Gasteiger partial charge is 0.504 e. The average Bonchev–Trinajstić information content (AvgIpc) is 2.64. The highest BCUT2D eigenvalue weighted by atomic mass is 16.5. The van der Waals surface area contributed by atoms with Gasteiger partial charge in [0.25, 0.3) is 0 Å². The van der Waals surface area contributed by atoms with Crippen molar-refractivity contribution < 1.29 is 19.7 Å². The van der Waals surface area contributed by atoms with Gasteiger partial charge in [-0.25, -0.2) is 0 Å². The van der Waals surface area contributed by atoms with E-state index in [0.29, 0.717) is 18.4 Å². The Morgan fingerprint density at radius 3 is 2.70 bits per heavy atom. The molecule has 5 heteroatoms. The maximum atomic E-state index is 12.4. The van der Waals surface area contributed by atoms with Gasteiger partial charge in [0.1, 0.15) is 5.41 Å². The fourth-order valence-corrected chi connectivity index (χ4v) is 2.69. The summed E-state index contributed by atoms with van der Waals surface area (Å²) in [5, 5.41) is 29.0. The molecule has 0 amide bonds. The maximum Gasteiger partial charge on any atom is 0.200 e. The maximum absolute atomic E-state index is 12.4. The Balaban J connectivity index is 2.59. The zero-order valence-corrected chi connectivity index (χ0v) is 11.3. The molecule has 106 valence electrons. The van der Waals surface area contributed by atoms with Gasteiger partial charge in [-0.05, 0) is 30.5 Å². The minimum atomic E-state index is -1.26. The van der Waals surface area contributed by atoms with Crippen molar-refractivity contribution in [2.45, 2.75) is 37.5 Å². The first-order valence-corrected chi connectivity index (χ1v) is 6.60. The molecule has 5 nitrogen and oxygen atoms in total. The normalized spacial score (nSPS) is 22.9. The molecule has 0 aromatic heterocycles. The molecule has 1 atom stereocenters. The number of nitrogens with zero attached hydrogens (tertiary/aromatic N) is 1. The van der Waals surface area contributed by atoms with Gasteiger partial charge in [0.2, 0.25) is 5.75 Å². The van der Waals surface area contributed by atoms with Crippen LogP contribution < -0.4 is 4.74 Å². The van der Waals surface area contributed by atoms with Crippen molar-refractivity contribution in [1.29, 1.82) is 5.26 Å². The van der Waals surface area contributed by atoms with Gasteiger partial charge < -0.3 is 14.9 Å². The minimum absolute atomic E-state index is 0.0617. The second kappa shape index (κ2) is 5.41. The van der Waals surface area contributed by atoms with Crippen LogP contribution in [0.4, 0.5) is 0 Å². The molecule has 1 aliphatic carbocycles. The lowest BCUT2D eigenvalue weighted by Gasteiger charge is -2.24. The molecule has 0 heterocycles. The fourth-order valence-electron chi connectivity index (χ4n) is 2.69. The number of ketones is 1. The van der Waals surface area contributed by atoms with Gasteiger partial charge in [0.15, 0.2) is 17.3 Å².